The van der Waals surface area contributed by atoms with Crippen LogP contribution < -0.4 is 5.73 Å². The van der Waals surface area contributed by atoms with Crippen molar-refractivity contribution in [2.75, 3.05) is 26.2 Å². The van der Waals surface area contributed by atoms with Gasteiger partial charge in [-0.05, 0) is 56.0 Å². The average Bonchev–Trinajstić information content (AvgIpc) is 2.85. The molecule has 2 rings (SSSR count). The SMILES string of the molecule is NC(CCN1CCC(CCO)C1)c1ccc(F)cc1. The van der Waals surface area contributed by atoms with E-state index in [0.29, 0.717) is 5.92 Å². The van der Waals surface area contributed by atoms with Crippen molar-refractivity contribution in [3.8, 4) is 0 Å². The van der Waals surface area contributed by atoms with E-state index in [1.165, 1.54) is 18.6 Å². The Morgan fingerprint density at radius 1 is 1.37 bits per heavy atom. The maximum Gasteiger partial charge on any atom is 0.123 e. The zero-order chi connectivity index (χ0) is 13.7. The van der Waals surface area contributed by atoms with Crippen molar-refractivity contribution in [3.63, 3.8) is 0 Å². The lowest BCUT2D eigenvalue weighted by molar-refractivity contribution is 0.249. The molecule has 0 radical (unpaired) electrons. The molecular formula is C15H23FN2O. The highest BCUT2D eigenvalue weighted by atomic mass is 19.1. The highest BCUT2D eigenvalue weighted by Crippen LogP contribution is 2.21. The fourth-order valence-electron chi connectivity index (χ4n) is 2.73. The summed E-state index contributed by atoms with van der Waals surface area (Å²) in [7, 11) is 0. The van der Waals surface area contributed by atoms with Crippen LogP contribution in [-0.4, -0.2) is 36.2 Å². The molecule has 3 nitrogen and oxygen atoms in total. The van der Waals surface area contributed by atoms with E-state index in [1.54, 1.807) is 12.1 Å². The Morgan fingerprint density at radius 2 is 2.11 bits per heavy atom. The Kier molecular flexibility index (Phi) is 5.31. The largest absolute Gasteiger partial charge is 0.396 e. The van der Waals surface area contributed by atoms with Crippen LogP contribution in [0.1, 0.15) is 30.9 Å². The molecule has 1 fully saturated rings. The van der Waals surface area contributed by atoms with E-state index in [1.807, 2.05) is 0 Å². The molecule has 1 aliphatic heterocycles. The third kappa shape index (κ3) is 4.27. The van der Waals surface area contributed by atoms with Crippen LogP contribution in [0.15, 0.2) is 24.3 Å². The lowest BCUT2D eigenvalue weighted by atomic mass is 10.0. The first-order valence-electron chi connectivity index (χ1n) is 7.03. The number of hydrogen-bond donors (Lipinski definition) is 2. The van der Waals surface area contributed by atoms with E-state index in [4.69, 9.17) is 10.8 Å². The monoisotopic (exact) mass is 266 g/mol. The van der Waals surface area contributed by atoms with Crippen LogP contribution in [0.25, 0.3) is 0 Å². The Bertz CT molecular complexity index is 382. The summed E-state index contributed by atoms with van der Waals surface area (Å²) in [6.07, 6.45) is 2.96. The quantitative estimate of drug-likeness (QED) is 0.827. The maximum absolute atomic E-state index is 12.8. The molecular weight excluding hydrogens is 243 g/mol. The Balaban J connectivity index is 1.75. The standard InChI is InChI=1S/C15H23FN2O/c16-14-3-1-13(2-4-14)15(17)6-9-18-8-5-12(11-18)7-10-19/h1-4,12,15,19H,5-11,17H2. The first kappa shape index (κ1) is 14.4. The molecule has 0 aromatic heterocycles. The number of nitrogens with two attached hydrogens (primary N) is 1. The molecule has 1 saturated heterocycles. The fourth-order valence-corrected chi connectivity index (χ4v) is 2.73. The van der Waals surface area contributed by atoms with Gasteiger partial charge in [-0.2, -0.15) is 0 Å². The number of hydrogen-bond acceptors (Lipinski definition) is 3. The van der Waals surface area contributed by atoms with Crippen LogP contribution >= 0.6 is 0 Å². The zero-order valence-electron chi connectivity index (χ0n) is 11.3. The van der Waals surface area contributed by atoms with Gasteiger partial charge in [-0.1, -0.05) is 12.1 Å². The second-order valence-electron chi connectivity index (χ2n) is 5.41. The minimum atomic E-state index is -0.220. The van der Waals surface area contributed by atoms with Gasteiger partial charge in [0.05, 0.1) is 0 Å². The van der Waals surface area contributed by atoms with Crippen molar-refractivity contribution in [2.24, 2.45) is 11.7 Å². The van der Waals surface area contributed by atoms with Gasteiger partial charge in [-0.15, -0.1) is 0 Å². The van der Waals surface area contributed by atoms with Gasteiger partial charge in [0.1, 0.15) is 5.82 Å². The van der Waals surface area contributed by atoms with Crippen molar-refractivity contribution in [1.29, 1.82) is 0 Å². The smallest absolute Gasteiger partial charge is 0.123 e. The molecule has 1 heterocycles. The molecule has 0 aliphatic carbocycles. The molecule has 0 amide bonds. The third-order valence-electron chi connectivity index (χ3n) is 3.96. The summed E-state index contributed by atoms with van der Waals surface area (Å²) in [4.78, 5) is 2.41. The minimum Gasteiger partial charge on any atom is -0.396 e. The summed E-state index contributed by atoms with van der Waals surface area (Å²) in [5, 5.41) is 8.93. The maximum atomic E-state index is 12.8. The molecule has 1 aromatic carbocycles. The van der Waals surface area contributed by atoms with Crippen molar-refractivity contribution < 1.29 is 9.50 Å². The zero-order valence-corrected chi connectivity index (χ0v) is 11.3. The normalized spacial score (nSPS) is 21.7. The fraction of sp³-hybridized carbons (Fsp3) is 0.600. The molecule has 19 heavy (non-hydrogen) atoms. The van der Waals surface area contributed by atoms with Gasteiger partial charge in [0.15, 0.2) is 0 Å². The number of likely N-dealkylation sites (tertiary alicyclic amines) is 1. The second kappa shape index (κ2) is 6.98. The van der Waals surface area contributed by atoms with Gasteiger partial charge in [-0.25, -0.2) is 4.39 Å². The highest BCUT2D eigenvalue weighted by molar-refractivity contribution is 5.19. The van der Waals surface area contributed by atoms with Crippen LogP contribution in [-0.2, 0) is 0 Å². The lowest BCUT2D eigenvalue weighted by Crippen LogP contribution is -2.25. The average molecular weight is 266 g/mol. The van der Waals surface area contributed by atoms with E-state index >= 15 is 0 Å². The highest BCUT2D eigenvalue weighted by Gasteiger charge is 2.22. The number of nitrogens with zero attached hydrogens (tertiary/aromatic N) is 1. The topological polar surface area (TPSA) is 49.5 Å². The summed E-state index contributed by atoms with van der Waals surface area (Å²) in [5.74, 6) is 0.411. The summed E-state index contributed by atoms with van der Waals surface area (Å²) in [6, 6.07) is 6.42. The van der Waals surface area contributed by atoms with E-state index in [9.17, 15) is 4.39 Å². The Morgan fingerprint density at radius 3 is 2.79 bits per heavy atom. The third-order valence-corrected chi connectivity index (χ3v) is 3.96. The first-order valence-corrected chi connectivity index (χ1v) is 7.03. The van der Waals surface area contributed by atoms with Crippen LogP contribution in [0.3, 0.4) is 0 Å². The van der Waals surface area contributed by atoms with Gasteiger partial charge in [0, 0.05) is 19.2 Å². The molecule has 1 aromatic rings. The van der Waals surface area contributed by atoms with Gasteiger partial charge in [-0.3, -0.25) is 0 Å². The molecule has 0 bridgehead atoms. The van der Waals surface area contributed by atoms with Crippen molar-refractivity contribution >= 4 is 0 Å². The first-order chi connectivity index (χ1) is 9.19. The van der Waals surface area contributed by atoms with Crippen molar-refractivity contribution in [1.82, 2.24) is 4.90 Å². The number of aliphatic hydroxyl groups excluding tert-OH is 1. The Hall–Kier alpha value is -0.970. The molecule has 3 N–H and O–H groups in total. The summed E-state index contributed by atoms with van der Waals surface area (Å²) in [5.41, 5.74) is 7.12. The molecule has 2 unspecified atom stereocenters. The van der Waals surface area contributed by atoms with Crippen LogP contribution in [0.2, 0.25) is 0 Å². The van der Waals surface area contributed by atoms with E-state index in [0.717, 1.165) is 38.0 Å². The predicted octanol–water partition coefficient (Wildman–Crippen LogP) is 1.92. The van der Waals surface area contributed by atoms with Crippen molar-refractivity contribution in [3.05, 3.63) is 35.6 Å². The van der Waals surface area contributed by atoms with E-state index < -0.39 is 0 Å². The number of aliphatic hydroxyl groups is 1. The van der Waals surface area contributed by atoms with Gasteiger partial charge in [0.2, 0.25) is 0 Å². The van der Waals surface area contributed by atoms with Gasteiger partial charge >= 0.3 is 0 Å². The molecule has 0 saturated carbocycles. The predicted molar refractivity (Wildman–Crippen MR) is 74.2 cm³/mol. The number of benzene rings is 1. The molecule has 0 spiro atoms. The van der Waals surface area contributed by atoms with Crippen LogP contribution in [0, 0.1) is 11.7 Å². The van der Waals surface area contributed by atoms with Crippen LogP contribution in [0.5, 0.6) is 0 Å². The van der Waals surface area contributed by atoms with E-state index in [-0.39, 0.29) is 18.5 Å². The number of rotatable bonds is 6. The summed E-state index contributed by atoms with van der Waals surface area (Å²) >= 11 is 0. The van der Waals surface area contributed by atoms with Gasteiger partial charge < -0.3 is 15.7 Å². The minimum absolute atomic E-state index is 0.0301. The van der Waals surface area contributed by atoms with Crippen molar-refractivity contribution in [2.45, 2.75) is 25.3 Å². The molecule has 1 aliphatic rings. The molecule has 2 atom stereocenters. The molecule has 4 heteroatoms. The van der Waals surface area contributed by atoms with Gasteiger partial charge in [0.25, 0.3) is 0 Å². The molecule has 106 valence electrons. The summed E-state index contributed by atoms with van der Waals surface area (Å²) in [6.45, 7) is 3.42. The van der Waals surface area contributed by atoms with E-state index in [2.05, 4.69) is 4.90 Å². The second-order valence-corrected chi connectivity index (χ2v) is 5.41. The summed E-state index contributed by atoms with van der Waals surface area (Å²) < 4.78 is 12.8. The number of halogens is 1. The Labute approximate surface area is 114 Å². The lowest BCUT2D eigenvalue weighted by Gasteiger charge is -2.19. The van der Waals surface area contributed by atoms with Crippen LogP contribution in [0.4, 0.5) is 4.39 Å².